The Morgan fingerprint density at radius 2 is 1.11 bits per heavy atom. The van der Waals surface area contributed by atoms with E-state index in [-0.39, 0.29) is 13.2 Å². The summed E-state index contributed by atoms with van der Waals surface area (Å²) >= 11 is 0. The molecule has 44 heavy (non-hydrogen) atoms. The van der Waals surface area contributed by atoms with Crippen molar-refractivity contribution in [3.63, 3.8) is 0 Å². The van der Waals surface area contributed by atoms with E-state index in [1.54, 1.807) is 0 Å². The van der Waals surface area contributed by atoms with E-state index in [2.05, 4.69) is 4.98 Å². The molecule has 1 aromatic heterocycles. The molecule has 1 unspecified atom stereocenters. The van der Waals surface area contributed by atoms with Crippen molar-refractivity contribution in [3.05, 3.63) is 167 Å². The molecule has 6 rings (SSSR count). The van der Waals surface area contributed by atoms with Gasteiger partial charge < -0.3 is 14.5 Å². The smallest absolute Gasteiger partial charge is 0.321 e. The first-order valence-corrected chi connectivity index (χ1v) is 14.7. The van der Waals surface area contributed by atoms with Gasteiger partial charge in [0.05, 0.1) is 5.69 Å². The van der Waals surface area contributed by atoms with E-state index in [4.69, 9.17) is 9.47 Å². The van der Waals surface area contributed by atoms with Crippen LogP contribution in [0.5, 0.6) is 0 Å². The zero-order chi connectivity index (χ0) is 30.3. The van der Waals surface area contributed by atoms with Gasteiger partial charge in [0, 0.05) is 16.8 Å². The van der Waals surface area contributed by atoms with Gasteiger partial charge in [0.15, 0.2) is 5.92 Å². The van der Waals surface area contributed by atoms with Gasteiger partial charge in [-0.3, -0.25) is 9.59 Å². The standard InChI is InChI=1S/C39H33NO4/c1-27-21-23-30(24-22-27)34(35-32-19-11-12-20-33(32)40-37(35)31-17-9-4-10-18-31)36(38(41)43-25-28-13-5-2-6-14-28)39(42)44-26-29-15-7-3-8-16-29/h2-24,34,36,40H,25-26H2,1H3. The van der Waals surface area contributed by atoms with Crippen LogP contribution in [-0.4, -0.2) is 16.9 Å². The van der Waals surface area contributed by atoms with Crippen molar-refractivity contribution in [1.82, 2.24) is 4.98 Å². The number of hydrogen-bond acceptors (Lipinski definition) is 4. The molecule has 0 spiro atoms. The highest BCUT2D eigenvalue weighted by molar-refractivity contribution is 6.00. The molecule has 1 heterocycles. The Bertz CT molecular complexity index is 1790. The van der Waals surface area contributed by atoms with E-state index >= 15 is 0 Å². The summed E-state index contributed by atoms with van der Waals surface area (Å²) in [4.78, 5) is 32.0. The van der Waals surface area contributed by atoms with Crippen molar-refractivity contribution in [2.24, 2.45) is 5.92 Å². The maximum absolute atomic E-state index is 14.2. The fraction of sp³-hybridized carbons (Fsp3) is 0.128. The molecule has 5 aromatic carbocycles. The second-order valence-corrected chi connectivity index (χ2v) is 10.9. The van der Waals surface area contributed by atoms with Crippen molar-refractivity contribution in [3.8, 4) is 11.3 Å². The summed E-state index contributed by atoms with van der Waals surface area (Å²) in [5.74, 6) is -3.25. The molecule has 5 heteroatoms. The molecule has 0 aliphatic heterocycles. The summed E-state index contributed by atoms with van der Waals surface area (Å²) in [6.45, 7) is 2.10. The normalized spacial score (nSPS) is 11.8. The number of aromatic nitrogens is 1. The molecule has 1 N–H and O–H groups in total. The van der Waals surface area contributed by atoms with E-state index in [9.17, 15) is 9.59 Å². The molecule has 0 saturated carbocycles. The second-order valence-electron chi connectivity index (χ2n) is 10.9. The van der Waals surface area contributed by atoms with Crippen molar-refractivity contribution in [2.45, 2.75) is 26.1 Å². The topological polar surface area (TPSA) is 68.4 Å². The maximum Gasteiger partial charge on any atom is 0.321 e. The summed E-state index contributed by atoms with van der Waals surface area (Å²) in [5, 5.41) is 0.925. The average molecular weight is 580 g/mol. The van der Waals surface area contributed by atoms with Gasteiger partial charge in [-0.15, -0.1) is 0 Å². The van der Waals surface area contributed by atoms with Gasteiger partial charge in [-0.1, -0.05) is 139 Å². The number of carbonyl (C=O) groups excluding carboxylic acids is 2. The average Bonchev–Trinajstić information content (AvgIpc) is 3.46. The van der Waals surface area contributed by atoms with Crippen LogP contribution in [0.25, 0.3) is 22.2 Å². The summed E-state index contributed by atoms with van der Waals surface area (Å²) in [7, 11) is 0. The lowest BCUT2D eigenvalue weighted by Gasteiger charge is -2.26. The largest absolute Gasteiger partial charge is 0.460 e. The molecular weight excluding hydrogens is 546 g/mol. The predicted octanol–water partition coefficient (Wildman–Crippen LogP) is 8.38. The highest BCUT2D eigenvalue weighted by atomic mass is 16.6. The van der Waals surface area contributed by atoms with E-state index in [0.717, 1.165) is 50.0 Å². The number of esters is 2. The number of para-hydroxylation sites is 1. The van der Waals surface area contributed by atoms with E-state index < -0.39 is 23.8 Å². The van der Waals surface area contributed by atoms with Gasteiger partial charge in [-0.25, -0.2) is 0 Å². The van der Waals surface area contributed by atoms with Crippen LogP contribution in [0.3, 0.4) is 0 Å². The fourth-order valence-electron chi connectivity index (χ4n) is 5.62. The Balaban J connectivity index is 1.50. The first kappa shape index (κ1) is 28.7. The zero-order valence-electron chi connectivity index (χ0n) is 24.5. The molecule has 0 bridgehead atoms. The quantitative estimate of drug-likeness (QED) is 0.131. The van der Waals surface area contributed by atoms with Crippen LogP contribution in [0.1, 0.15) is 33.7 Å². The SMILES string of the molecule is Cc1ccc(C(c2c(-c3ccccc3)[nH]c3ccccc23)C(C(=O)OCc2ccccc2)C(=O)OCc2ccccc2)cc1. The molecule has 5 nitrogen and oxygen atoms in total. The molecule has 6 aromatic rings. The number of rotatable bonds is 10. The Labute approximate surface area is 257 Å². The number of carbonyl (C=O) groups is 2. The molecule has 0 aliphatic carbocycles. The highest BCUT2D eigenvalue weighted by Gasteiger charge is 2.42. The molecular formula is C39H33NO4. The molecule has 0 amide bonds. The van der Waals surface area contributed by atoms with Crippen LogP contribution in [0.4, 0.5) is 0 Å². The summed E-state index contributed by atoms with van der Waals surface area (Å²) in [6, 6.07) is 44.8. The van der Waals surface area contributed by atoms with E-state index in [1.807, 2.05) is 146 Å². The first-order chi connectivity index (χ1) is 21.6. The number of aryl methyl sites for hydroxylation is 1. The van der Waals surface area contributed by atoms with E-state index in [1.165, 1.54) is 0 Å². The third-order valence-corrected chi connectivity index (χ3v) is 7.85. The van der Waals surface area contributed by atoms with Gasteiger partial charge in [0.2, 0.25) is 0 Å². The van der Waals surface area contributed by atoms with Crippen molar-refractivity contribution >= 4 is 22.8 Å². The molecule has 0 fully saturated rings. The Hall–Kier alpha value is -5.42. The molecule has 0 saturated heterocycles. The summed E-state index contributed by atoms with van der Waals surface area (Å²) < 4.78 is 11.8. The molecule has 0 aliphatic rings. The minimum atomic E-state index is -1.27. The number of hydrogen-bond donors (Lipinski definition) is 1. The number of benzene rings is 5. The van der Waals surface area contributed by atoms with Crippen molar-refractivity contribution in [2.75, 3.05) is 0 Å². The second kappa shape index (κ2) is 13.3. The summed E-state index contributed by atoms with van der Waals surface area (Å²) in [5.41, 5.74) is 7.10. The number of H-pyrrole nitrogens is 1. The van der Waals surface area contributed by atoms with Crippen molar-refractivity contribution < 1.29 is 19.1 Å². The van der Waals surface area contributed by atoms with Gasteiger partial charge >= 0.3 is 11.9 Å². The van der Waals surface area contributed by atoms with Crippen LogP contribution in [-0.2, 0) is 32.3 Å². The lowest BCUT2D eigenvalue weighted by atomic mass is 9.78. The first-order valence-electron chi connectivity index (χ1n) is 14.7. The fourth-order valence-corrected chi connectivity index (χ4v) is 5.62. The lowest BCUT2D eigenvalue weighted by molar-refractivity contribution is -0.164. The third-order valence-electron chi connectivity index (χ3n) is 7.85. The van der Waals surface area contributed by atoms with Crippen LogP contribution in [0, 0.1) is 12.8 Å². The predicted molar refractivity (Wildman–Crippen MR) is 173 cm³/mol. The molecule has 1 atom stereocenters. The van der Waals surface area contributed by atoms with Gasteiger partial charge in [0.1, 0.15) is 13.2 Å². The number of aromatic amines is 1. The number of fused-ring (bicyclic) bond motifs is 1. The van der Waals surface area contributed by atoms with E-state index in [0.29, 0.717) is 0 Å². The van der Waals surface area contributed by atoms with Crippen LogP contribution in [0.15, 0.2) is 140 Å². The monoisotopic (exact) mass is 579 g/mol. The molecule has 0 radical (unpaired) electrons. The lowest BCUT2D eigenvalue weighted by Crippen LogP contribution is -2.34. The third kappa shape index (κ3) is 6.32. The minimum Gasteiger partial charge on any atom is -0.460 e. The summed E-state index contributed by atoms with van der Waals surface area (Å²) in [6.07, 6.45) is 0. The minimum absolute atomic E-state index is 0.0438. The van der Waals surface area contributed by atoms with Gasteiger partial charge in [-0.05, 0) is 40.8 Å². The Kier molecular flexibility index (Phi) is 8.65. The molecule has 218 valence electrons. The highest BCUT2D eigenvalue weighted by Crippen LogP contribution is 2.43. The Morgan fingerprint density at radius 1 is 0.614 bits per heavy atom. The van der Waals surface area contributed by atoms with Crippen LogP contribution >= 0.6 is 0 Å². The van der Waals surface area contributed by atoms with Crippen molar-refractivity contribution in [1.29, 1.82) is 0 Å². The van der Waals surface area contributed by atoms with Crippen LogP contribution < -0.4 is 0 Å². The number of ether oxygens (including phenoxy) is 2. The zero-order valence-corrected chi connectivity index (χ0v) is 24.5. The Morgan fingerprint density at radius 3 is 1.68 bits per heavy atom. The van der Waals surface area contributed by atoms with Gasteiger partial charge in [0.25, 0.3) is 0 Å². The maximum atomic E-state index is 14.2. The van der Waals surface area contributed by atoms with Gasteiger partial charge in [-0.2, -0.15) is 0 Å². The van der Waals surface area contributed by atoms with Crippen LogP contribution in [0.2, 0.25) is 0 Å². The number of nitrogens with one attached hydrogen (secondary N) is 1.